The van der Waals surface area contributed by atoms with Crippen molar-refractivity contribution in [3.05, 3.63) is 91.0 Å². The van der Waals surface area contributed by atoms with E-state index in [0.717, 1.165) is 5.30 Å². The zero-order chi connectivity index (χ0) is 16.0. The molecule has 0 aliphatic carbocycles. The Morgan fingerprint density at radius 1 is 0.565 bits per heavy atom. The van der Waals surface area contributed by atoms with Crippen LogP contribution in [0.1, 0.15) is 0 Å². The van der Waals surface area contributed by atoms with Crippen molar-refractivity contribution in [3.63, 3.8) is 0 Å². The molecule has 0 radical (unpaired) electrons. The van der Waals surface area contributed by atoms with E-state index in [4.69, 9.17) is 13.4 Å². The monoisotopic (exact) mass is 344 g/mol. The van der Waals surface area contributed by atoms with Crippen molar-refractivity contribution in [2.75, 3.05) is 0 Å². The molecule has 0 heterocycles. The first-order chi connectivity index (χ1) is 11.3. The van der Waals surface area contributed by atoms with Crippen molar-refractivity contribution in [2.45, 2.75) is 0 Å². The average molecular weight is 344 g/mol. The molecular formula is C18H18O3P2. The van der Waals surface area contributed by atoms with Crippen LogP contribution in [0.4, 0.5) is 0 Å². The van der Waals surface area contributed by atoms with E-state index in [9.17, 15) is 0 Å². The summed E-state index contributed by atoms with van der Waals surface area (Å²) < 4.78 is 18.2. The van der Waals surface area contributed by atoms with Gasteiger partial charge < -0.3 is 0 Å². The van der Waals surface area contributed by atoms with E-state index in [2.05, 4.69) is 9.47 Å². The molecule has 3 aromatic rings. The summed E-state index contributed by atoms with van der Waals surface area (Å²) in [5, 5.41) is 0.891. The second kappa shape index (κ2) is 7.57. The Balaban J connectivity index is 2.00. The Hall–Kier alpha value is -1.92. The van der Waals surface area contributed by atoms with E-state index < -0.39 is 7.94 Å². The van der Waals surface area contributed by atoms with Crippen molar-refractivity contribution < 1.29 is 13.4 Å². The summed E-state index contributed by atoms with van der Waals surface area (Å²) in [4.78, 5) is 0. The standard InChI is InChI=1S/C18H18O3P2/c22-21-23(18-14-8-3-9-15-18,19-16-10-4-1-5-11-16)20-17-12-6-2-7-13-17/h1-15,23H,22H2. The summed E-state index contributed by atoms with van der Waals surface area (Å²) in [5.41, 5.74) is 0. The Morgan fingerprint density at radius 3 is 1.35 bits per heavy atom. The van der Waals surface area contributed by atoms with Crippen molar-refractivity contribution in [2.24, 2.45) is 0 Å². The van der Waals surface area contributed by atoms with Crippen molar-refractivity contribution in [3.8, 4) is 11.5 Å². The summed E-state index contributed by atoms with van der Waals surface area (Å²) in [5.74, 6) is 1.42. The molecule has 0 bridgehead atoms. The predicted octanol–water partition coefficient (Wildman–Crippen LogP) is 4.77. The third kappa shape index (κ3) is 3.89. The summed E-state index contributed by atoms with van der Waals surface area (Å²) >= 11 is 0. The van der Waals surface area contributed by atoms with Gasteiger partial charge in [-0.3, -0.25) is 0 Å². The Morgan fingerprint density at radius 2 is 0.957 bits per heavy atom. The zero-order valence-electron chi connectivity index (χ0n) is 12.5. The molecule has 5 heteroatoms. The Bertz CT molecular complexity index is 680. The van der Waals surface area contributed by atoms with Gasteiger partial charge in [-0.2, -0.15) is 0 Å². The second-order valence-corrected chi connectivity index (χ2v) is 7.91. The van der Waals surface area contributed by atoms with Crippen LogP contribution in [0.15, 0.2) is 91.0 Å². The molecule has 0 fully saturated rings. The molecule has 3 rings (SSSR count). The summed E-state index contributed by atoms with van der Waals surface area (Å²) in [6.07, 6.45) is 0. The molecular weight excluding hydrogens is 326 g/mol. The van der Waals surface area contributed by atoms with Gasteiger partial charge in [0.15, 0.2) is 0 Å². The SMILES string of the molecule is PO[PH](Oc1ccccc1)(Oc1ccccc1)c1ccccc1. The third-order valence-corrected chi connectivity index (χ3v) is 6.56. The maximum absolute atomic E-state index is 6.21. The topological polar surface area (TPSA) is 27.7 Å². The minimum absolute atomic E-state index is 0.710. The van der Waals surface area contributed by atoms with Crippen LogP contribution in [0.2, 0.25) is 0 Å². The van der Waals surface area contributed by atoms with Crippen LogP contribution in [-0.4, -0.2) is 0 Å². The number of hydrogen-bond acceptors (Lipinski definition) is 3. The van der Waals surface area contributed by atoms with Gasteiger partial charge in [-0.25, -0.2) is 0 Å². The molecule has 0 saturated heterocycles. The van der Waals surface area contributed by atoms with Gasteiger partial charge in [-0.05, 0) is 0 Å². The number of hydrogen-bond donors (Lipinski definition) is 0. The van der Waals surface area contributed by atoms with E-state index in [-0.39, 0.29) is 0 Å². The normalized spacial score (nSPS) is 11.7. The summed E-state index contributed by atoms with van der Waals surface area (Å²) in [6.45, 7) is 0. The minimum atomic E-state index is -3.16. The van der Waals surface area contributed by atoms with Gasteiger partial charge in [0.1, 0.15) is 0 Å². The van der Waals surface area contributed by atoms with Gasteiger partial charge in [-0.15, -0.1) is 0 Å². The Kier molecular flexibility index (Phi) is 5.25. The van der Waals surface area contributed by atoms with E-state index >= 15 is 0 Å². The van der Waals surface area contributed by atoms with Crippen LogP contribution in [0.5, 0.6) is 11.5 Å². The molecule has 0 aromatic heterocycles. The van der Waals surface area contributed by atoms with Gasteiger partial charge in [0, 0.05) is 0 Å². The van der Waals surface area contributed by atoms with E-state index in [0.29, 0.717) is 11.5 Å². The van der Waals surface area contributed by atoms with Gasteiger partial charge >= 0.3 is 139 Å². The predicted molar refractivity (Wildman–Crippen MR) is 99.3 cm³/mol. The molecule has 0 aliphatic heterocycles. The quantitative estimate of drug-likeness (QED) is 0.603. The zero-order valence-corrected chi connectivity index (χ0v) is 14.6. The van der Waals surface area contributed by atoms with Gasteiger partial charge in [0.05, 0.1) is 0 Å². The molecule has 23 heavy (non-hydrogen) atoms. The molecule has 3 aromatic carbocycles. The fourth-order valence-corrected chi connectivity index (χ4v) is 4.88. The van der Waals surface area contributed by atoms with Crippen LogP contribution in [0, 0.1) is 0 Å². The van der Waals surface area contributed by atoms with Crippen LogP contribution >= 0.6 is 17.4 Å². The molecule has 118 valence electrons. The van der Waals surface area contributed by atoms with Gasteiger partial charge in [0.2, 0.25) is 0 Å². The Labute approximate surface area is 139 Å². The van der Waals surface area contributed by atoms with E-state index in [1.54, 1.807) is 0 Å². The third-order valence-electron chi connectivity index (χ3n) is 3.27. The fraction of sp³-hybridized carbons (Fsp3) is 0. The van der Waals surface area contributed by atoms with E-state index in [1.807, 2.05) is 91.0 Å². The first kappa shape index (κ1) is 16.0. The van der Waals surface area contributed by atoms with Crippen LogP contribution in [0.3, 0.4) is 0 Å². The first-order valence-corrected chi connectivity index (χ1v) is 9.43. The first-order valence-electron chi connectivity index (χ1n) is 7.24. The molecule has 0 amide bonds. The molecule has 0 saturated carbocycles. The molecule has 0 N–H and O–H groups in total. The molecule has 0 aliphatic rings. The fourth-order valence-electron chi connectivity index (χ4n) is 2.18. The average Bonchev–Trinajstić information content (AvgIpc) is 2.63. The summed E-state index contributed by atoms with van der Waals surface area (Å²) in [6, 6.07) is 28.9. The van der Waals surface area contributed by atoms with Crippen molar-refractivity contribution in [1.82, 2.24) is 0 Å². The second-order valence-electron chi connectivity index (χ2n) is 4.87. The summed E-state index contributed by atoms with van der Waals surface area (Å²) in [7, 11) is -0.865. The number of para-hydroxylation sites is 2. The number of rotatable bonds is 6. The van der Waals surface area contributed by atoms with E-state index in [1.165, 1.54) is 0 Å². The van der Waals surface area contributed by atoms with Crippen LogP contribution in [-0.2, 0) is 4.31 Å². The van der Waals surface area contributed by atoms with Crippen LogP contribution < -0.4 is 14.4 Å². The van der Waals surface area contributed by atoms with Crippen LogP contribution in [0.25, 0.3) is 0 Å². The van der Waals surface area contributed by atoms with Gasteiger partial charge in [0.25, 0.3) is 0 Å². The van der Waals surface area contributed by atoms with Crippen molar-refractivity contribution in [1.29, 1.82) is 0 Å². The maximum atomic E-state index is 6.21. The molecule has 1 atom stereocenters. The number of benzene rings is 3. The van der Waals surface area contributed by atoms with Gasteiger partial charge in [-0.1, -0.05) is 0 Å². The van der Waals surface area contributed by atoms with Crippen molar-refractivity contribution >= 4 is 22.7 Å². The molecule has 1 unspecified atom stereocenters. The molecule has 0 spiro atoms. The molecule has 3 nitrogen and oxygen atoms in total.